The van der Waals surface area contributed by atoms with Crippen LogP contribution in [0.5, 0.6) is 0 Å². The second kappa shape index (κ2) is 5.15. The van der Waals surface area contributed by atoms with E-state index < -0.39 is 0 Å². The van der Waals surface area contributed by atoms with Crippen molar-refractivity contribution in [2.75, 3.05) is 5.73 Å². The monoisotopic (exact) mass is 303 g/mol. The Morgan fingerprint density at radius 1 is 1.33 bits per heavy atom. The van der Waals surface area contributed by atoms with Gasteiger partial charge in [0.25, 0.3) is 0 Å². The van der Waals surface area contributed by atoms with Crippen LogP contribution in [0.2, 0.25) is 0 Å². The van der Waals surface area contributed by atoms with Crippen molar-refractivity contribution in [1.29, 1.82) is 0 Å². The summed E-state index contributed by atoms with van der Waals surface area (Å²) in [4.78, 5) is 5.84. The number of anilines is 1. The molecule has 2 heterocycles. The van der Waals surface area contributed by atoms with Gasteiger partial charge in [0.1, 0.15) is 11.6 Å². The fourth-order valence-corrected chi connectivity index (χ4v) is 3.61. The molecular weight excluding hydrogens is 285 g/mol. The van der Waals surface area contributed by atoms with Crippen LogP contribution in [0.15, 0.2) is 18.2 Å². The van der Waals surface area contributed by atoms with E-state index in [1.807, 2.05) is 0 Å². The van der Waals surface area contributed by atoms with Gasteiger partial charge in [-0.1, -0.05) is 6.92 Å². The molecule has 0 unspecified atom stereocenters. The lowest BCUT2D eigenvalue weighted by atomic mass is 10.1. The van der Waals surface area contributed by atoms with E-state index in [2.05, 4.69) is 30.3 Å². The predicted molar refractivity (Wildman–Crippen MR) is 87.2 cm³/mol. The van der Waals surface area contributed by atoms with Crippen LogP contribution >= 0.6 is 11.3 Å². The number of benzene rings is 1. The SMILES string of the molecule is CCCn1c(-c2c(N)sc(C)c2C)nc2cc(F)ccc21. The van der Waals surface area contributed by atoms with Gasteiger partial charge >= 0.3 is 0 Å². The molecule has 2 N–H and O–H groups in total. The smallest absolute Gasteiger partial charge is 0.144 e. The number of nitrogens with two attached hydrogens (primary N) is 1. The number of halogens is 1. The van der Waals surface area contributed by atoms with E-state index in [1.54, 1.807) is 17.4 Å². The first-order valence-corrected chi connectivity index (χ1v) is 7.86. The van der Waals surface area contributed by atoms with Crippen molar-refractivity contribution in [3.63, 3.8) is 0 Å². The maximum atomic E-state index is 13.5. The molecule has 0 saturated carbocycles. The molecule has 0 radical (unpaired) electrons. The lowest BCUT2D eigenvalue weighted by Crippen LogP contribution is -2.01. The summed E-state index contributed by atoms with van der Waals surface area (Å²) in [5.74, 6) is 0.582. The van der Waals surface area contributed by atoms with Crippen LogP contribution in [0.25, 0.3) is 22.4 Å². The van der Waals surface area contributed by atoms with Crippen LogP contribution in [0.1, 0.15) is 23.8 Å². The van der Waals surface area contributed by atoms with Crippen molar-refractivity contribution >= 4 is 27.4 Å². The first kappa shape index (κ1) is 14.1. The van der Waals surface area contributed by atoms with E-state index in [0.717, 1.165) is 40.4 Å². The highest BCUT2D eigenvalue weighted by molar-refractivity contribution is 7.16. The third kappa shape index (κ3) is 2.21. The number of hydrogen-bond donors (Lipinski definition) is 1. The summed E-state index contributed by atoms with van der Waals surface area (Å²) in [6.45, 7) is 7.08. The van der Waals surface area contributed by atoms with E-state index in [1.165, 1.54) is 17.0 Å². The molecule has 0 atom stereocenters. The molecule has 2 aromatic heterocycles. The summed E-state index contributed by atoms with van der Waals surface area (Å²) in [6.07, 6.45) is 0.984. The minimum atomic E-state index is -0.263. The van der Waals surface area contributed by atoms with Crippen molar-refractivity contribution in [1.82, 2.24) is 9.55 Å². The maximum Gasteiger partial charge on any atom is 0.144 e. The molecule has 0 amide bonds. The Balaban J connectivity index is 2.33. The molecular formula is C16H18FN3S. The highest BCUT2D eigenvalue weighted by atomic mass is 32.1. The average Bonchev–Trinajstić information content (AvgIpc) is 2.88. The second-order valence-electron chi connectivity index (χ2n) is 5.24. The minimum Gasteiger partial charge on any atom is -0.390 e. The van der Waals surface area contributed by atoms with Crippen molar-refractivity contribution in [3.05, 3.63) is 34.5 Å². The standard InChI is InChI=1S/C16H18FN3S/c1-4-7-20-13-6-5-11(17)8-12(13)19-16(20)14-9(2)10(3)21-15(14)18/h5-6,8H,4,7,18H2,1-3H3. The fraction of sp³-hybridized carbons (Fsp3) is 0.312. The largest absolute Gasteiger partial charge is 0.390 e. The molecule has 21 heavy (non-hydrogen) atoms. The van der Waals surface area contributed by atoms with Crippen LogP contribution in [0.4, 0.5) is 9.39 Å². The molecule has 0 bridgehead atoms. The first-order valence-electron chi connectivity index (χ1n) is 7.04. The van der Waals surface area contributed by atoms with Crippen LogP contribution in [-0.4, -0.2) is 9.55 Å². The van der Waals surface area contributed by atoms with Gasteiger partial charge in [-0.2, -0.15) is 0 Å². The summed E-state index contributed by atoms with van der Waals surface area (Å²) >= 11 is 1.58. The second-order valence-corrected chi connectivity index (χ2v) is 6.50. The summed E-state index contributed by atoms with van der Waals surface area (Å²) < 4.78 is 15.6. The van der Waals surface area contributed by atoms with Crippen molar-refractivity contribution in [3.8, 4) is 11.4 Å². The number of imidazole rings is 1. The zero-order chi connectivity index (χ0) is 15.1. The Morgan fingerprint density at radius 2 is 2.10 bits per heavy atom. The summed E-state index contributed by atoms with van der Waals surface area (Å²) in [5.41, 5.74) is 9.96. The van der Waals surface area contributed by atoms with Gasteiger partial charge in [-0.25, -0.2) is 9.37 Å². The third-order valence-electron chi connectivity index (χ3n) is 3.79. The zero-order valence-corrected chi connectivity index (χ0v) is 13.2. The van der Waals surface area contributed by atoms with E-state index >= 15 is 0 Å². The lowest BCUT2D eigenvalue weighted by molar-refractivity contribution is 0.629. The van der Waals surface area contributed by atoms with Crippen LogP contribution in [0, 0.1) is 19.7 Å². The van der Waals surface area contributed by atoms with Gasteiger partial charge in [0.05, 0.1) is 21.6 Å². The number of aryl methyl sites for hydroxylation is 2. The minimum absolute atomic E-state index is 0.263. The molecule has 0 saturated heterocycles. The fourth-order valence-electron chi connectivity index (χ4n) is 2.67. The van der Waals surface area contributed by atoms with Crippen molar-refractivity contribution < 1.29 is 4.39 Å². The highest BCUT2D eigenvalue weighted by Crippen LogP contribution is 2.38. The molecule has 0 aliphatic rings. The van der Waals surface area contributed by atoms with Gasteiger partial charge in [0.15, 0.2) is 0 Å². The predicted octanol–water partition coefficient (Wildman–Crippen LogP) is 4.51. The van der Waals surface area contributed by atoms with Crippen molar-refractivity contribution in [2.24, 2.45) is 0 Å². The summed E-state index contributed by atoms with van der Waals surface area (Å²) in [5, 5.41) is 0.776. The van der Waals surface area contributed by atoms with E-state index in [4.69, 9.17) is 5.73 Å². The molecule has 5 heteroatoms. The molecule has 3 nitrogen and oxygen atoms in total. The van der Waals surface area contributed by atoms with Gasteiger partial charge in [0, 0.05) is 17.5 Å². The number of nitrogens with zero attached hydrogens (tertiary/aromatic N) is 2. The van der Waals surface area contributed by atoms with E-state index in [0.29, 0.717) is 5.52 Å². The molecule has 0 fully saturated rings. The average molecular weight is 303 g/mol. The van der Waals surface area contributed by atoms with Crippen LogP contribution in [-0.2, 0) is 6.54 Å². The molecule has 3 aromatic rings. The normalized spacial score (nSPS) is 11.4. The number of thiophene rings is 1. The van der Waals surface area contributed by atoms with Crippen LogP contribution < -0.4 is 5.73 Å². The highest BCUT2D eigenvalue weighted by Gasteiger charge is 2.19. The third-order valence-corrected chi connectivity index (χ3v) is 4.83. The molecule has 1 aromatic carbocycles. The van der Waals surface area contributed by atoms with E-state index in [-0.39, 0.29) is 5.82 Å². The summed E-state index contributed by atoms with van der Waals surface area (Å²) in [6, 6.07) is 4.76. The molecule has 110 valence electrons. The molecule has 3 rings (SSSR count). The molecule has 0 aliphatic heterocycles. The van der Waals surface area contributed by atoms with Crippen molar-refractivity contribution in [2.45, 2.75) is 33.7 Å². The van der Waals surface area contributed by atoms with Gasteiger partial charge in [-0.3, -0.25) is 0 Å². The number of nitrogen functional groups attached to an aromatic ring is 1. The number of fused-ring (bicyclic) bond motifs is 1. The first-order chi connectivity index (χ1) is 10.0. The van der Waals surface area contributed by atoms with Gasteiger partial charge in [-0.15, -0.1) is 11.3 Å². The zero-order valence-electron chi connectivity index (χ0n) is 12.4. The Bertz CT molecular complexity index is 817. The number of rotatable bonds is 3. The molecule has 0 aliphatic carbocycles. The summed E-state index contributed by atoms with van der Waals surface area (Å²) in [7, 11) is 0. The molecule has 0 spiro atoms. The van der Waals surface area contributed by atoms with Gasteiger partial charge in [-0.05, 0) is 38.0 Å². The number of hydrogen-bond acceptors (Lipinski definition) is 3. The van der Waals surface area contributed by atoms with Gasteiger partial charge in [0.2, 0.25) is 0 Å². The lowest BCUT2D eigenvalue weighted by Gasteiger charge is -2.08. The Morgan fingerprint density at radius 3 is 2.71 bits per heavy atom. The Kier molecular flexibility index (Phi) is 3.45. The Hall–Kier alpha value is -1.88. The van der Waals surface area contributed by atoms with E-state index in [9.17, 15) is 4.39 Å². The number of aromatic nitrogens is 2. The topological polar surface area (TPSA) is 43.8 Å². The van der Waals surface area contributed by atoms with Gasteiger partial charge < -0.3 is 10.3 Å². The quantitative estimate of drug-likeness (QED) is 0.773. The Labute approximate surface area is 127 Å². The van der Waals surface area contributed by atoms with Crippen LogP contribution in [0.3, 0.4) is 0 Å². The maximum absolute atomic E-state index is 13.5.